The summed E-state index contributed by atoms with van der Waals surface area (Å²) in [4.78, 5) is 0. The van der Waals surface area contributed by atoms with Gasteiger partial charge in [0, 0.05) is 6.42 Å². The molecular weight excluding hydrogens is 284 g/mol. The molecule has 0 nitrogen and oxygen atoms in total. The molecule has 0 aliphatic heterocycles. The molecule has 0 aromatic carbocycles. The van der Waals surface area contributed by atoms with Crippen molar-refractivity contribution in [3.63, 3.8) is 0 Å². The largest absolute Gasteiger partial charge is 0.316 e. The predicted molar refractivity (Wildman–Crippen MR) is 54.2 cm³/mol. The summed E-state index contributed by atoms with van der Waals surface area (Å²) in [6, 6.07) is 0. The summed E-state index contributed by atoms with van der Waals surface area (Å²) in [6.45, 7) is 1.77. The van der Waals surface area contributed by atoms with Crippen LogP contribution in [0.2, 0.25) is 0 Å². The average Bonchev–Trinajstić information content (AvgIpc) is 2.22. The Labute approximate surface area is 106 Å². The zero-order chi connectivity index (χ0) is 15.3. The molecule has 0 saturated heterocycles. The van der Waals surface area contributed by atoms with Crippen molar-refractivity contribution in [3.05, 3.63) is 0 Å². The van der Waals surface area contributed by atoms with Crippen molar-refractivity contribution in [2.75, 3.05) is 0 Å². The molecule has 0 N–H and O–H groups in total. The van der Waals surface area contributed by atoms with E-state index in [0.717, 1.165) is 0 Å². The zero-order valence-electron chi connectivity index (χ0n) is 10.3. The van der Waals surface area contributed by atoms with E-state index >= 15 is 0 Å². The van der Waals surface area contributed by atoms with Gasteiger partial charge in [-0.3, -0.25) is 0 Å². The first kappa shape index (κ1) is 18.4. The van der Waals surface area contributed by atoms with Crippen molar-refractivity contribution in [2.24, 2.45) is 0 Å². The fourth-order valence-corrected chi connectivity index (χ4v) is 1.46. The minimum absolute atomic E-state index is 0.257. The maximum absolute atomic E-state index is 13.1. The van der Waals surface area contributed by atoms with Crippen LogP contribution in [0.1, 0.15) is 45.4 Å². The lowest BCUT2D eigenvalue weighted by atomic mass is 9.98. The summed E-state index contributed by atoms with van der Waals surface area (Å²) in [5.41, 5.74) is 0. The van der Waals surface area contributed by atoms with Crippen molar-refractivity contribution < 1.29 is 35.1 Å². The van der Waals surface area contributed by atoms with Crippen LogP contribution in [0.25, 0.3) is 0 Å². The molecule has 0 aromatic heterocycles. The number of hydrogen-bond acceptors (Lipinski definition) is 0. The Balaban J connectivity index is 4.59. The van der Waals surface area contributed by atoms with Gasteiger partial charge in [-0.25, -0.2) is 17.6 Å². The Morgan fingerprint density at radius 1 is 0.789 bits per heavy atom. The number of alkyl halides is 8. The molecule has 0 atom stereocenters. The molecule has 0 aliphatic rings. The number of unbranched alkanes of at least 4 members (excludes halogenated alkanes) is 3. The van der Waals surface area contributed by atoms with E-state index in [1.807, 2.05) is 0 Å². The van der Waals surface area contributed by atoms with E-state index in [4.69, 9.17) is 0 Å². The average molecular weight is 300 g/mol. The van der Waals surface area contributed by atoms with Crippen LogP contribution in [0.3, 0.4) is 0 Å². The summed E-state index contributed by atoms with van der Waals surface area (Å²) in [6.07, 6.45) is -7.31. The summed E-state index contributed by atoms with van der Waals surface area (Å²) >= 11 is 0. The van der Waals surface area contributed by atoms with E-state index in [1.54, 1.807) is 6.92 Å². The Hall–Kier alpha value is -0.560. The lowest BCUT2D eigenvalue weighted by Gasteiger charge is -2.29. The Bertz CT molecular complexity index is 261. The van der Waals surface area contributed by atoms with E-state index in [9.17, 15) is 35.1 Å². The van der Waals surface area contributed by atoms with Crippen LogP contribution in [0, 0.1) is 0 Å². The van der Waals surface area contributed by atoms with Gasteiger partial charge in [0.2, 0.25) is 0 Å². The third kappa shape index (κ3) is 5.52. The molecule has 116 valence electrons. The fraction of sp³-hybridized carbons (Fsp3) is 1.00. The highest BCUT2D eigenvalue weighted by molar-refractivity contribution is 4.90. The first-order valence-corrected chi connectivity index (χ1v) is 5.88. The lowest BCUT2D eigenvalue weighted by Crippen LogP contribution is -2.46. The van der Waals surface area contributed by atoms with Gasteiger partial charge < -0.3 is 0 Å². The normalized spacial score (nSPS) is 14.2. The van der Waals surface area contributed by atoms with Crippen molar-refractivity contribution in [1.82, 2.24) is 0 Å². The van der Waals surface area contributed by atoms with Crippen molar-refractivity contribution in [2.45, 2.75) is 69.6 Å². The Kier molecular flexibility index (Phi) is 6.54. The van der Waals surface area contributed by atoms with Crippen LogP contribution in [-0.4, -0.2) is 24.2 Å². The summed E-state index contributed by atoms with van der Waals surface area (Å²) in [7, 11) is 0. The number of rotatable bonds is 9. The van der Waals surface area contributed by atoms with Crippen molar-refractivity contribution in [3.8, 4) is 0 Å². The Morgan fingerprint density at radius 3 is 1.74 bits per heavy atom. The van der Waals surface area contributed by atoms with Crippen molar-refractivity contribution in [1.29, 1.82) is 0 Å². The van der Waals surface area contributed by atoms with Gasteiger partial charge in [-0.2, -0.15) is 17.6 Å². The zero-order valence-corrected chi connectivity index (χ0v) is 10.3. The highest BCUT2D eigenvalue weighted by atomic mass is 19.3. The second-order valence-corrected chi connectivity index (χ2v) is 4.46. The van der Waals surface area contributed by atoms with Gasteiger partial charge in [0.15, 0.2) is 0 Å². The molecule has 0 aromatic rings. The maximum atomic E-state index is 13.1. The van der Waals surface area contributed by atoms with Gasteiger partial charge >= 0.3 is 24.2 Å². The third-order valence-corrected chi connectivity index (χ3v) is 2.66. The van der Waals surface area contributed by atoms with Gasteiger partial charge in [0.25, 0.3) is 0 Å². The number of hydrogen-bond donors (Lipinski definition) is 0. The number of halogens is 8. The summed E-state index contributed by atoms with van der Waals surface area (Å²) in [5, 5.41) is 0. The van der Waals surface area contributed by atoms with Crippen LogP contribution in [-0.2, 0) is 0 Å². The first-order valence-electron chi connectivity index (χ1n) is 5.88. The molecule has 8 heteroatoms. The molecule has 0 aliphatic carbocycles. The lowest BCUT2D eigenvalue weighted by molar-refractivity contribution is -0.258. The molecule has 0 rings (SSSR count). The molecule has 0 fully saturated rings. The topological polar surface area (TPSA) is 0 Å². The standard InChI is InChI=1S/C11H16F8/c1-2-3-4-5-6-10(16,17)11(18,19)7-9(14,15)8(12)13/h8H,2-7H2,1H3. The quantitative estimate of drug-likeness (QED) is 0.388. The maximum Gasteiger partial charge on any atom is 0.316 e. The van der Waals surface area contributed by atoms with Crippen LogP contribution in [0.5, 0.6) is 0 Å². The molecule has 19 heavy (non-hydrogen) atoms. The van der Waals surface area contributed by atoms with Crippen molar-refractivity contribution >= 4 is 0 Å². The smallest absolute Gasteiger partial charge is 0.204 e. The molecule has 0 bridgehead atoms. The second kappa shape index (κ2) is 6.74. The van der Waals surface area contributed by atoms with E-state index in [2.05, 4.69) is 0 Å². The molecule has 0 saturated carbocycles. The molecule has 0 spiro atoms. The van der Waals surface area contributed by atoms with E-state index < -0.39 is 37.0 Å². The first-order chi connectivity index (χ1) is 8.46. The Morgan fingerprint density at radius 2 is 1.32 bits per heavy atom. The van der Waals surface area contributed by atoms with Crippen LogP contribution in [0.15, 0.2) is 0 Å². The minimum Gasteiger partial charge on any atom is -0.204 e. The van der Waals surface area contributed by atoms with Gasteiger partial charge in [-0.15, -0.1) is 0 Å². The van der Waals surface area contributed by atoms with Gasteiger partial charge in [0.05, 0.1) is 6.42 Å². The van der Waals surface area contributed by atoms with Crippen LogP contribution < -0.4 is 0 Å². The van der Waals surface area contributed by atoms with Crippen LogP contribution >= 0.6 is 0 Å². The van der Waals surface area contributed by atoms with Gasteiger partial charge in [0.1, 0.15) is 0 Å². The predicted octanol–water partition coefficient (Wildman–Crippen LogP) is 5.52. The monoisotopic (exact) mass is 300 g/mol. The molecular formula is C11H16F8. The minimum atomic E-state index is -5.15. The highest BCUT2D eigenvalue weighted by Gasteiger charge is 2.61. The third-order valence-electron chi connectivity index (χ3n) is 2.66. The van der Waals surface area contributed by atoms with E-state index in [1.165, 1.54) is 0 Å². The molecule has 0 heterocycles. The summed E-state index contributed by atoms with van der Waals surface area (Å²) < 4.78 is 101. The SMILES string of the molecule is CCCCCCC(F)(F)C(F)(F)CC(F)(F)C(F)F. The van der Waals surface area contributed by atoms with E-state index in [-0.39, 0.29) is 12.8 Å². The molecule has 0 amide bonds. The van der Waals surface area contributed by atoms with Crippen LogP contribution in [0.4, 0.5) is 35.1 Å². The highest BCUT2D eigenvalue weighted by Crippen LogP contribution is 2.45. The second-order valence-electron chi connectivity index (χ2n) is 4.46. The van der Waals surface area contributed by atoms with Gasteiger partial charge in [-0.1, -0.05) is 26.2 Å². The fourth-order valence-electron chi connectivity index (χ4n) is 1.46. The molecule has 0 unspecified atom stereocenters. The van der Waals surface area contributed by atoms with Gasteiger partial charge in [-0.05, 0) is 6.42 Å². The molecule has 0 radical (unpaired) electrons. The summed E-state index contributed by atoms with van der Waals surface area (Å²) in [5.74, 6) is -15.0. The van der Waals surface area contributed by atoms with E-state index in [0.29, 0.717) is 12.8 Å².